The minimum absolute atomic E-state index is 0.00244. The van der Waals surface area contributed by atoms with E-state index in [1.54, 1.807) is 44.4 Å². The second-order valence-corrected chi connectivity index (χ2v) is 6.68. The minimum atomic E-state index is -3.77. The summed E-state index contributed by atoms with van der Waals surface area (Å²) in [7, 11) is -3.77. The van der Waals surface area contributed by atoms with Crippen LogP contribution < -0.4 is 10.5 Å². The highest BCUT2D eigenvalue weighted by Crippen LogP contribution is 2.18. The van der Waals surface area contributed by atoms with Crippen molar-refractivity contribution in [2.24, 2.45) is 5.73 Å². The Morgan fingerprint density at radius 1 is 1.32 bits per heavy atom. The number of primary amides is 1. The molecule has 116 valence electrons. The number of hydrogen-bond acceptors (Lipinski definition) is 4. The van der Waals surface area contributed by atoms with E-state index in [-0.39, 0.29) is 10.5 Å². The third-order valence-electron chi connectivity index (χ3n) is 3.30. The van der Waals surface area contributed by atoms with Gasteiger partial charge in [-0.25, -0.2) is 13.1 Å². The number of nitrogens with one attached hydrogen (secondary N) is 1. The number of hydrogen-bond donors (Lipinski definition) is 2. The quantitative estimate of drug-likeness (QED) is 0.872. The summed E-state index contributed by atoms with van der Waals surface area (Å²) in [5.74, 6) is -0.658. The molecule has 3 N–H and O–H groups in total. The summed E-state index contributed by atoms with van der Waals surface area (Å²) in [6.45, 7) is 3.42. The Hall–Kier alpha value is -2.25. The summed E-state index contributed by atoms with van der Waals surface area (Å²) in [6, 6.07) is 7.36. The van der Waals surface area contributed by atoms with Crippen molar-refractivity contribution in [1.82, 2.24) is 9.71 Å². The van der Waals surface area contributed by atoms with Crippen LogP contribution in [0.4, 0.5) is 0 Å². The van der Waals surface area contributed by atoms with E-state index in [1.807, 2.05) is 0 Å². The number of sulfonamides is 1. The number of pyridine rings is 1. The number of amides is 1. The molecule has 0 fully saturated rings. The van der Waals surface area contributed by atoms with Crippen LogP contribution >= 0.6 is 0 Å². The fourth-order valence-electron chi connectivity index (χ4n) is 2.03. The van der Waals surface area contributed by atoms with Crippen molar-refractivity contribution < 1.29 is 13.2 Å². The van der Waals surface area contributed by atoms with Gasteiger partial charge in [0.25, 0.3) is 0 Å². The Balaban J connectivity index is 2.31. The van der Waals surface area contributed by atoms with Crippen LogP contribution in [0, 0.1) is 6.92 Å². The molecule has 2 aromatic rings. The van der Waals surface area contributed by atoms with E-state index < -0.39 is 22.0 Å². The van der Waals surface area contributed by atoms with Crippen LogP contribution in [0.3, 0.4) is 0 Å². The molecule has 22 heavy (non-hydrogen) atoms. The van der Waals surface area contributed by atoms with Crippen molar-refractivity contribution in [3.63, 3.8) is 0 Å². The van der Waals surface area contributed by atoms with Crippen molar-refractivity contribution >= 4 is 15.9 Å². The lowest BCUT2D eigenvalue weighted by atomic mass is 10.1. The third-order valence-corrected chi connectivity index (χ3v) is 4.84. The number of aryl methyl sites for hydroxylation is 1. The second kappa shape index (κ2) is 6.25. The largest absolute Gasteiger partial charge is 0.366 e. The van der Waals surface area contributed by atoms with Gasteiger partial charge in [-0.3, -0.25) is 9.78 Å². The Morgan fingerprint density at radius 2 is 2.05 bits per heavy atom. The monoisotopic (exact) mass is 319 g/mol. The maximum atomic E-state index is 12.4. The van der Waals surface area contributed by atoms with Gasteiger partial charge in [0.05, 0.1) is 4.90 Å². The smallest absolute Gasteiger partial charge is 0.249 e. The summed E-state index contributed by atoms with van der Waals surface area (Å²) in [5.41, 5.74) is 6.82. The van der Waals surface area contributed by atoms with Crippen LogP contribution in [-0.2, 0) is 10.0 Å². The number of rotatable bonds is 5. The highest BCUT2D eigenvalue weighted by molar-refractivity contribution is 7.89. The SMILES string of the molecule is Cc1ccc(S(=O)(=O)N[C@@H](C)c2cccnc2)cc1C(N)=O. The first-order chi connectivity index (χ1) is 10.3. The van der Waals surface area contributed by atoms with Crippen molar-refractivity contribution in [3.05, 3.63) is 59.4 Å². The molecule has 0 spiro atoms. The summed E-state index contributed by atoms with van der Waals surface area (Å²) < 4.78 is 27.4. The van der Waals surface area contributed by atoms with Gasteiger partial charge < -0.3 is 5.73 Å². The number of nitrogens with two attached hydrogens (primary N) is 1. The van der Waals surface area contributed by atoms with E-state index in [1.165, 1.54) is 12.1 Å². The number of carbonyl (C=O) groups excluding carboxylic acids is 1. The van der Waals surface area contributed by atoms with Gasteiger partial charge in [0.2, 0.25) is 15.9 Å². The number of benzene rings is 1. The normalized spacial score (nSPS) is 12.8. The topological polar surface area (TPSA) is 102 Å². The highest BCUT2D eigenvalue weighted by Gasteiger charge is 2.20. The molecule has 0 aliphatic heterocycles. The van der Waals surface area contributed by atoms with Gasteiger partial charge in [-0.2, -0.15) is 0 Å². The van der Waals surface area contributed by atoms with E-state index in [0.717, 1.165) is 5.56 Å². The zero-order valence-electron chi connectivity index (χ0n) is 12.3. The molecular weight excluding hydrogens is 302 g/mol. The summed E-state index contributed by atoms with van der Waals surface area (Å²) in [5, 5.41) is 0. The molecule has 7 heteroatoms. The Bertz CT molecular complexity index is 789. The van der Waals surface area contributed by atoms with Crippen LogP contribution in [0.15, 0.2) is 47.6 Å². The second-order valence-electron chi connectivity index (χ2n) is 4.97. The van der Waals surface area contributed by atoms with Crippen LogP contribution in [0.1, 0.15) is 34.5 Å². The predicted octanol–water partition coefficient (Wildman–Crippen LogP) is 1.53. The summed E-state index contributed by atoms with van der Waals surface area (Å²) >= 11 is 0. The van der Waals surface area contributed by atoms with Crippen molar-refractivity contribution in [1.29, 1.82) is 0 Å². The zero-order chi connectivity index (χ0) is 16.3. The summed E-state index contributed by atoms with van der Waals surface area (Å²) in [6.07, 6.45) is 3.21. The molecule has 2 rings (SSSR count). The Morgan fingerprint density at radius 3 is 2.64 bits per heavy atom. The van der Waals surface area contributed by atoms with E-state index >= 15 is 0 Å². The first kappa shape index (κ1) is 16.1. The number of aromatic nitrogens is 1. The molecule has 0 radical (unpaired) electrons. The van der Waals surface area contributed by atoms with Crippen molar-refractivity contribution in [2.75, 3.05) is 0 Å². The van der Waals surface area contributed by atoms with Gasteiger partial charge >= 0.3 is 0 Å². The standard InChI is InChI=1S/C15H17N3O3S/c1-10-5-6-13(8-14(10)15(16)19)22(20,21)18-11(2)12-4-3-7-17-9-12/h3-9,11,18H,1-2H3,(H2,16,19)/t11-/m0/s1. The average molecular weight is 319 g/mol. The molecule has 1 heterocycles. The van der Waals surface area contributed by atoms with E-state index in [9.17, 15) is 13.2 Å². The van der Waals surface area contributed by atoms with Crippen molar-refractivity contribution in [2.45, 2.75) is 24.8 Å². The molecule has 0 saturated carbocycles. The van der Waals surface area contributed by atoms with Gasteiger partial charge in [-0.15, -0.1) is 0 Å². The van der Waals surface area contributed by atoms with Gasteiger partial charge in [-0.05, 0) is 43.2 Å². The van der Waals surface area contributed by atoms with Crippen LogP contribution in [-0.4, -0.2) is 19.3 Å². The molecular formula is C15H17N3O3S. The lowest BCUT2D eigenvalue weighted by Gasteiger charge is -2.15. The molecule has 0 saturated heterocycles. The van der Waals surface area contributed by atoms with E-state index in [4.69, 9.17) is 5.73 Å². The molecule has 1 amide bonds. The van der Waals surface area contributed by atoms with E-state index in [0.29, 0.717) is 5.56 Å². The van der Waals surface area contributed by atoms with Crippen molar-refractivity contribution in [3.8, 4) is 0 Å². The first-order valence-electron chi connectivity index (χ1n) is 6.64. The third kappa shape index (κ3) is 3.49. The van der Waals surface area contributed by atoms with Gasteiger partial charge in [0.1, 0.15) is 0 Å². The maximum Gasteiger partial charge on any atom is 0.249 e. The molecule has 0 aliphatic rings. The molecule has 0 bridgehead atoms. The van der Waals surface area contributed by atoms with Crippen LogP contribution in [0.25, 0.3) is 0 Å². The summed E-state index contributed by atoms with van der Waals surface area (Å²) in [4.78, 5) is 15.3. The first-order valence-corrected chi connectivity index (χ1v) is 8.12. The highest BCUT2D eigenvalue weighted by atomic mass is 32.2. The van der Waals surface area contributed by atoms with Crippen LogP contribution in [0.5, 0.6) is 0 Å². The minimum Gasteiger partial charge on any atom is -0.366 e. The lowest BCUT2D eigenvalue weighted by Crippen LogP contribution is -2.27. The Labute approximate surface area is 129 Å². The predicted molar refractivity (Wildman–Crippen MR) is 82.7 cm³/mol. The Kier molecular flexibility index (Phi) is 4.58. The molecule has 1 aromatic heterocycles. The van der Waals surface area contributed by atoms with Gasteiger partial charge in [0, 0.05) is 24.0 Å². The number of nitrogens with zero attached hydrogens (tertiary/aromatic N) is 1. The fraction of sp³-hybridized carbons (Fsp3) is 0.200. The molecule has 0 unspecified atom stereocenters. The lowest BCUT2D eigenvalue weighted by molar-refractivity contribution is 0.0999. The fourth-order valence-corrected chi connectivity index (χ4v) is 3.29. The zero-order valence-corrected chi connectivity index (χ0v) is 13.1. The molecule has 1 aromatic carbocycles. The van der Waals surface area contributed by atoms with Gasteiger partial charge in [-0.1, -0.05) is 12.1 Å². The molecule has 1 atom stereocenters. The van der Waals surface area contributed by atoms with Crippen LogP contribution in [0.2, 0.25) is 0 Å². The maximum absolute atomic E-state index is 12.4. The molecule has 6 nitrogen and oxygen atoms in total. The molecule has 0 aliphatic carbocycles. The average Bonchev–Trinajstić information content (AvgIpc) is 2.47. The number of carbonyl (C=O) groups is 1. The van der Waals surface area contributed by atoms with E-state index in [2.05, 4.69) is 9.71 Å². The van der Waals surface area contributed by atoms with Gasteiger partial charge in [0.15, 0.2) is 0 Å².